The highest BCUT2D eigenvalue weighted by atomic mass is 79.9. The molecule has 2 aromatic carbocycles. The van der Waals surface area contributed by atoms with E-state index in [0.717, 1.165) is 40.6 Å². The highest BCUT2D eigenvalue weighted by molar-refractivity contribution is 9.10. The molecule has 4 heteroatoms. The lowest BCUT2D eigenvalue weighted by Gasteiger charge is -2.19. The molecule has 0 aliphatic heterocycles. The third-order valence-electron chi connectivity index (χ3n) is 4.20. The number of aromatic nitrogens is 1. The second-order valence-electron chi connectivity index (χ2n) is 6.28. The van der Waals surface area contributed by atoms with Crippen molar-refractivity contribution < 1.29 is 4.74 Å². The Morgan fingerprint density at radius 1 is 1.00 bits per heavy atom. The molecule has 0 atom stereocenters. The average molecular weight is 423 g/mol. The Morgan fingerprint density at radius 2 is 1.85 bits per heavy atom. The standard InChI is InChI=1S/C23H23BrN2O/c1-2-13-26(18-19-5-8-22(24)9-6-19)14-3-4-15-27-23-10-7-21-17-25-12-11-20(21)16-23/h2-12,16-17H,1,13-15,18H2. The van der Waals surface area contributed by atoms with Gasteiger partial charge in [0, 0.05) is 41.9 Å². The molecule has 0 fully saturated rings. The van der Waals surface area contributed by atoms with Crippen LogP contribution in [0.25, 0.3) is 10.8 Å². The van der Waals surface area contributed by atoms with Gasteiger partial charge in [0.1, 0.15) is 12.4 Å². The lowest BCUT2D eigenvalue weighted by molar-refractivity contribution is 0.325. The van der Waals surface area contributed by atoms with Crippen LogP contribution in [-0.2, 0) is 6.54 Å². The zero-order valence-corrected chi connectivity index (χ0v) is 16.8. The van der Waals surface area contributed by atoms with E-state index in [1.807, 2.05) is 36.5 Å². The van der Waals surface area contributed by atoms with Gasteiger partial charge >= 0.3 is 0 Å². The minimum Gasteiger partial charge on any atom is -0.490 e. The molecule has 0 N–H and O–H groups in total. The van der Waals surface area contributed by atoms with Gasteiger partial charge in [-0.2, -0.15) is 0 Å². The number of ether oxygens (including phenoxy) is 1. The van der Waals surface area contributed by atoms with Gasteiger partial charge in [0.2, 0.25) is 0 Å². The molecule has 0 aliphatic carbocycles. The second-order valence-corrected chi connectivity index (χ2v) is 7.19. The number of rotatable bonds is 9. The zero-order chi connectivity index (χ0) is 18.9. The summed E-state index contributed by atoms with van der Waals surface area (Å²) in [4.78, 5) is 6.46. The SMILES string of the molecule is C=CCN(CC=CCOc1ccc2cnccc2c1)Cc1ccc(Br)cc1. The molecule has 0 saturated heterocycles. The number of halogens is 1. The summed E-state index contributed by atoms with van der Waals surface area (Å²) < 4.78 is 6.94. The second kappa shape index (κ2) is 10.0. The predicted molar refractivity (Wildman–Crippen MR) is 116 cm³/mol. The van der Waals surface area contributed by atoms with E-state index in [-0.39, 0.29) is 0 Å². The molecule has 0 spiro atoms. The normalized spacial score (nSPS) is 11.3. The van der Waals surface area contributed by atoms with E-state index in [9.17, 15) is 0 Å². The quantitative estimate of drug-likeness (QED) is 0.418. The van der Waals surface area contributed by atoms with Crippen LogP contribution < -0.4 is 4.74 Å². The molecule has 3 rings (SSSR count). The van der Waals surface area contributed by atoms with Gasteiger partial charge in [0.05, 0.1) is 0 Å². The molecule has 3 nitrogen and oxygen atoms in total. The molecular weight excluding hydrogens is 400 g/mol. The Balaban J connectivity index is 1.49. The van der Waals surface area contributed by atoms with Gasteiger partial charge in [-0.15, -0.1) is 6.58 Å². The van der Waals surface area contributed by atoms with Crippen molar-refractivity contribution in [1.29, 1.82) is 0 Å². The fourth-order valence-corrected chi connectivity index (χ4v) is 3.09. The summed E-state index contributed by atoms with van der Waals surface area (Å²) in [6, 6.07) is 16.5. The zero-order valence-electron chi connectivity index (χ0n) is 15.2. The summed E-state index contributed by atoms with van der Waals surface area (Å²) in [5, 5.41) is 2.26. The fraction of sp³-hybridized carbons (Fsp3) is 0.174. The molecule has 138 valence electrons. The van der Waals surface area contributed by atoms with E-state index in [4.69, 9.17) is 4.74 Å². The molecule has 1 aromatic heterocycles. The van der Waals surface area contributed by atoms with Gasteiger partial charge in [-0.1, -0.05) is 46.3 Å². The number of fused-ring (bicyclic) bond motifs is 1. The van der Waals surface area contributed by atoms with Crippen LogP contribution in [0, 0.1) is 0 Å². The van der Waals surface area contributed by atoms with E-state index in [1.54, 1.807) is 6.20 Å². The maximum Gasteiger partial charge on any atom is 0.120 e. The highest BCUT2D eigenvalue weighted by Gasteiger charge is 2.02. The van der Waals surface area contributed by atoms with Crippen molar-refractivity contribution >= 4 is 26.7 Å². The van der Waals surface area contributed by atoms with Crippen LogP contribution in [0.1, 0.15) is 5.56 Å². The minimum atomic E-state index is 0.552. The van der Waals surface area contributed by atoms with Crippen LogP contribution >= 0.6 is 15.9 Å². The number of pyridine rings is 1. The molecule has 0 amide bonds. The van der Waals surface area contributed by atoms with Crippen molar-refractivity contribution in [3.8, 4) is 5.75 Å². The first-order valence-corrected chi connectivity index (χ1v) is 9.73. The van der Waals surface area contributed by atoms with Crippen LogP contribution in [0.2, 0.25) is 0 Å². The largest absolute Gasteiger partial charge is 0.490 e. The Hall–Kier alpha value is -2.43. The van der Waals surface area contributed by atoms with Gasteiger partial charge < -0.3 is 4.74 Å². The summed E-state index contributed by atoms with van der Waals surface area (Å²) in [6.07, 6.45) is 9.80. The molecule has 0 bridgehead atoms. The monoisotopic (exact) mass is 422 g/mol. The van der Waals surface area contributed by atoms with Crippen molar-refractivity contribution in [2.75, 3.05) is 19.7 Å². The first-order valence-electron chi connectivity index (χ1n) is 8.94. The lowest BCUT2D eigenvalue weighted by atomic mass is 10.2. The van der Waals surface area contributed by atoms with Crippen molar-refractivity contribution in [2.24, 2.45) is 0 Å². The summed E-state index contributed by atoms with van der Waals surface area (Å²) in [7, 11) is 0. The van der Waals surface area contributed by atoms with Gasteiger partial charge in [-0.25, -0.2) is 0 Å². The number of nitrogens with zero attached hydrogens (tertiary/aromatic N) is 2. The maximum absolute atomic E-state index is 5.84. The smallest absolute Gasteiger partial charge is 0.120 e. The van der Waals surface area contributed by atoms with E-state index < -0.39 is 0 Å². The van der Waals surface area contributed by atoms with E-state index in [2.05, 4.69) is 68.8 Å². The van der Waals surface area contributed by atoms with Gasteiger partial charge in [-0.3, -0.25) is 9.88 Å². The summed E-state index contributed by atoms with van der Waals surface area (Å²) in [5.74, 6) is 0.871. The van der Waals surface area contributed by atoms with Crippen LogP contribution in [0.3, 0.4) is 0 Å². The number of benzene rings is 2. The summed E-state index contributed by atoms with van der Waals surface area (Å²) in [6.45, 7) is 7.01. The number of hydrogen-bond donors (Lipinski definition) is 0. The van der Waals surface area contributed by atoms with E-state index in [0.29, 0.717) is 6.61 Å². The lowest BCUT2D eigenvalue weighted by Crippen LogP contribution is -2.23. The van der Waals surface area contributed by atoms with Crippen molar-refractivity contribution in [3.05, 3.63) is 95.8 Å². The van der Waals surface area contributed by atoms with Gasteiger partial charge in [-0.05, 0) is 47.3 Å². The Labute approximate surface area is 169 Å². The van der Waals surface area contributed by atoms with Gasteiger partial charge in [0.15, 0.2) is 0 Å². The average Bonchev–Trinajstić information content (AvgIpc) is 2.69. The topological polar surface area (TPSA) is 25.4 Å². The molecule has 0 radical (unpaired) electrons. The molecule has 0 unspecified atom stereocenters. The molecule has 3 aromatic rings. The van der Waals surface area contributed by atoms with Crippen molar-refractivity contribution in [3.63, 3.8) is 0 Å². The van der Waals surface area contributed by atoms with Crippen LogP contribution in [0.15, 0.2) is 90.2 Å². The Morgan fingerprint density at radius 3 is 2.67 bits per heavy atom. The van der Waals surface area contributed by atoms with Crippen molar-refractivity contribution in [2.45, 2.75) is 6.54 Å². The molecular formula is C23H23BrN2O. The van der Waals surface area contributed by atoms with Crippen LogP contribution in [0.4, 0.5) is 0 Å². The van der Waals surface area contributed by atoms with Gasteiger partial charge in [0.25, 0.3) is 0 Å². The predicted octanol–water partition coefficient (Wildman–Crippen LogP) is 5.62. The fourth-order valence-electron chi connectivity index (χ4n) is 2.82. The van der Waals surface area contributed by atoms with Crippen molar-refractivity contribution in [1.82, 2.24) is 9.88 Å². The summed E-state index contributed by atoms with van der Waals surface area (Å²) in [5.41, 5.74) is 1.29. The molecule has 1 heterocycles. The first kappa shape index (κ1) is 19.3. The molecule has 0 saturated carbocycles. The van der Waals surface area contributed by atoms with Crippen LogP contribution in [-0.4, -0.2) is 29.6 Å². The third-order valence-corrected chi connectivity index (χ3v) is 4.72. The Bertz CT molecular complexity index is 906. The summed E-state index contributed by atoms with van der Waals surface area (Å²) >= 11 is 3.48. The molecule has 27 heavy (non-hydrogen) atoms. The van der Waals surface area contributed by atoms with E-state index >= 15 is 0 Å². The first-order chi connectivity index (χ1) is 13.2. The Kier molecular flexibility index (Phi) is 7.19. The van der Waals surface area contributed by atoms with Crippen LogP contribution in [0.5, 0.6) is 5.75 Å². The maximum atomic E-state index is 5.84. The minimum absolute atomic E-state index is 0.552. The molecule has 0 aliphatic rings. The highest BCUT2D eigenvalue weighted by Crippen LogP contribution is 2.19. The van der Waals surface area contributed by atoms with E-state index in [1.165, 1.54) is 5.56 Å². The number of hydrogen-bond acceptors (Lipinski definition) is 3. The third kappa shape index (κ3) is 6.05.